The summed E-state index contributed by atoms with van der Waals surface area (Å²) in [6.45, 7) is 11.6. The number of hydrogen-bond acceptors (Lipinski definition) is 11. The number of aryl methyl sites for hydroxylation is 1. The molecule has 2 fully saturated rings. The summed E-state index contributed by atoms with van der Waals surface area (Å²) in [4.78, 5) is 100. The number of hydrogen-bond donors (Lipinski definition) is 2. The number of amides is 3. The van der Waals surface area contributed by atoms with Crippen LogP contribution in [0.1, 0.15) is 104 Å². The molecule has 0 radical (unpaired) electrons. The second kappa shape index (κ2) is 26.2. The smallest absolute Gasteiger partial charge is 0.307 e. The molecule has 4 rings (SSSR count). The predicted molar refractivity (Wildman–Crippen MR) is 243 cm³/mol. The average Bonchev–Trinajstić information content (AvgIpc) is 4.03. The number of epoxide rings is 1. The molecule has 2 heterocycles. The van der Waals surface area contributed by atoms with Gasteiger partial charge in [-0.1, -0.05) is 88.4 Å². The Labute approximate surface area is 379 Å². The quantitative estimate of drug-likeness (QED) is 0.0470. The van der Waals surface area contributed by atoms with E-state index in [2.05, 4.69) is 10.6 Å². The van der Waals surface area contributed by atoms with Crippen LogP contribution < -0.4 is 10.6 Å². The van der Waals surface area contributed by atoms with E-state index in [-0.39, 0.29) is 81.0 Å². The van der Waals surface area contributed by atoms with Gasteiger partial charge in [-0.2, -0.15) is 0 Å². The summed E-state index contributed by atoms with van der Waals surface area (Å²) >= 11 is 0. The van der Waals surface area contributed by atoms with Crippen LogP contribution in [0.4, 0.5) is 0 Å². The van der Waals surface area contributed by atoms with Gasteiger partial charge < -0.3 is 24.8 Å². The molecule has 2 aliphatic rings. The van der Waals surface area contributed by atoms with Crippen LogP contribution in [-0.2, 0) is 60.6 Å². The van der Waals surface area contributed by atoms with Gasteiger partial charge in [0.25, 0.3) is 0 Å². The first-order chi connectivity index (χ1) is 30.6. The van der Waals surface area contributed by atoms with Gasteiger partial charge in [-0.3, -0.25) is 43.4 Å². The maximum atomic E-state index is 15.2. The standard InChI is InChI=1S/C50H72N4O10/c1-35(2)27-42(47(59)50(5)33-64-50)52-48(60)40(29-38-17-11-8-12-18-38)31-44(56)43(28-36(3)4)54(34-63-46(58)20-14-13-19-45(57)51-6)49(61)39(22-21-37-15-9-7-10-16-37)30-41(55)32-53-23-25-62-26-24-53/h7-12,15-18,35-36,39-40,42-43H,13-14,19-34H2,1-6H3,(H,51,57)(H,52,60)/t39-,40-,42+,43+,50-/m1/s1. The van der Waals surface area contributed by atoms with Crippen LogP contribution in [0.5, 0.6) is 0 Å². The fourth-order valence-corrected chi connectivity index (χ4v) is 8.11. The van der Waals surface area contributed by atoms with Crippen molar-refractivity contribution in [2.45, 2.75) is 123 Å². The molecule has 352 valence electrons. The first kappa shape index (κ1) is 51.8. The minimum Gasteiger partial charge on any atom is -0.444 e. The van der Waals surface area contributed by atoms with Gasteiger partial charge in [0.2, 0.25) is 17.7 Å². The lowest BCUT2D eigenvalue weighted by atomic mass is 9.86. The Bertz CT molecular complexity index is 1830. The maximum absolute atomic E-state index is 15.2. The Balaban J connectivity index is 1.68. The Morgan fingerprint density at radius 1 is 0.812 bits per heavy atom. The van der Waals surface area contributed by atoms with Crippen molar-refractivity contribution in [3.05, 3.63) is 71.8 Å². The van der Waals surface area contributed by atoms with Crippen molar-refractivity contribution in [1.82, 2.24) is 20.4 Å². The lowest BCUT2D eigenvalue weighted by molar-refractivity contribution is -0.161. The lowest BCUT2D eigenvalue weighted by Crippen LogP contribution is -2.52. The van der Waals surface area contributed by atoms with Crippen molar-refractivity contribution in [1.29, 1.82) is 0 Å². The van der Waals surface area contributed by atoms with E-state index < -0.39 is 59.8 Å². The monoisotopic (exact) mass is 889 g/mol. The van der Waals surface area contributed by atoms with Crippen LogP contribution in [0.3, 0.4) is 0 Å². The summed E-state index contributed by atoms with van der Waals surface area (Å²) in [5, 5.41) is 5.55. The van der Waals surface area contributed by atoms with Gasteiger partial charge in [0.15, 0.2) is 18.3 Å². The zero-order valence-corrected chi connectivity index (χ0v) is 38.9. The molecule has 0 bridgehead atoms. The average molecular weight is 889 g/mol. The predicted octanol–water partition coefficient (Wildman–Crippen LogP) is 5.28. The van der Waals surface area contributed by atoms with Gasteiger partial charge in [0.1, 0.15) is 11.4 Å². The van der Waals surface area contributed by atoms with Crippen LogP contribution in [0.2, 0.25) is 0 Å². The number of ketones is 3. The Hall–Kier alpha value is -4.79. The minimum absolute atomic E-state index is 0.00302. The van der Waals surface area contributed by atoms with Crippen molar-refractivity contribution in [2.75, 3.05) is 53.2 Å². The molecular weight excluding hydrogens is 817 g/mol. The second-order valence-corrected chi connectivity index (χ2v) is 18.5. The third kappa shape index (κ3) is 17.6. The molecule has 14 nitrogen and oxygen atoms in total. The molecule has 2 aromatic carbocycles. The van der Waals surface area contributed by atoms with Gasteiger partial charge in [-0.25, -0.2) is 0 Å². The molecule has 2 saturated heterocycles. The van der Waals surface area contributed by atoms with Crippen LogP contribution in [-0.4, -0.2) is 122 Å². The van der Waals surface area contributed by atoms with Gasteiger partial charge in [0, 0.05) is 57.7 Å². The van der Waals surface area contributed by atoms with E-state index >= 15 is 9.59 Å². The summed E-state index contributed by atoms with van der Waals surface area (Å²) < 4.78 is 16.7. The topological polar surface area (TPSA) is 181 Å². The number of carbonyl (C=O) groups excluding carboxylic acids is 7. The highest BCUT2D eigenvalue weighted by Crippen LogP contribution is 2.30. The number of esters is 1. The summed E-state index contributed by atoms with van der Waals surface area (Å²) in [6.07, 6.45) is 2.31. The van der Waals surface area contributed by atoms with Crippen molar-refractivity contribution in [3.63, 3.8) is 0 Å². The van der Waals surface area contributed by atoms with Crippen LogP contribution in [0.15, 0.2) is 60.7 Å². The van der Waals surface area contributed by atoms with Crippen LogP contribution >= 0.6 is 0 Å². The molecule has 2 aromatic rings. The number of ether oxygens (including phenoxy) is 3. The molecule has 5 atom stereocenters. The summed E-state index contributed by atoms with van der Waals surface area (Å²) in [7, 11) is 1.55. The molecule has 2 aliphatic heterocycles. The molecule has 0 spiro atoms. The van der Waals surface area contributed by atoms with E-state index in [1.165, 1.54) is 4.90 Å². The number of Topliss-reactive ketones (excluding diaryl/α,β-unsaturated/α-hetero) is 3. The number of rotatable bonds is 29. The SMILES string of the molecule is CNC(=O)CCCCC(=O)OCN(C(=O)[C@H](CCc1ccccc1)CC(=O)CN1CCOCC1)[C@@H](CC(C)C)C(=O)C[C@@H](Cc1ccccc1)C(=O)N[C@@H](CC(C)C)C(=O)[C@@]1(C)CO1. The minimum atomic E-state index is -1.11. The Morgan fingerprint density at radius 2 is 1.42 bits per heavy atom. The summed E-state index contributed by atoms with van der Waals surface area (Å²) in [5.74, 6) is -4.20. The third-order valence-electron chi connectivity index (χ3n) is 11.9. The molecule has 14 heteroatoms. The van der Waals surface area contributed by atoms with Crippen LogP contribution in [0.25, 0.3) is 0 Å². The molecule has 0 aliphatic carbocycles. The molecule has 3 amide bonds. The number of nitrogens with one attached hydrogen (secondary N) is 2. The number of carbonyl (C=O) groups is 7. The highest BCUT2D eigenvalue weighted by Gasteiger charge is 2.50. The molecule has 64 heavy (non-hydrogen) atoms. The summed E-state index contributed by atoms with van der Waals surface area (Å²) in [6, 6.07) is 17.0. The van der Waals surface area contributed by atoms with E-state index in [4.69, 9.17) is 14.2 Å². The number of benzene rings is 2. The molecule has 0 saturated carbocycles. The molecular formula is C50H72N4O10. The van der Waals surface area contributed by atoms with Gasteiger partial charge in [-0.05, 0) is 74.8 Å². The van der Waals surface area contributed by atoms with Crippen molar-refractivity contribution < 1.29 is 47.8 Å². The molecule has 2 N–H and O–H groups in total. The third-order valence-corrected chi connectivity index (χ3v) is 11.9. The number of nitrogens with zero attached hydrogens (tertiary/aromatic N) is 2. The molecule has 0 unspecified atom stereocenters. The van der Waals surface area contributed by atoms with Gasteiger partial charge in [0.05, 0.1) is 38.4 Å². The first-order valence-electron chi connectivity index (χ1n) is 23.2. The lowest BCUT2D eigenvalue weighted by Gasteiger charge is -2.35. The fourth-order valence-electron chi connectivity index (χ4n) is 8.11. The van der Waals surface area contributed by atoms with Crippen molar-refractivity contribution in [2.24, 2.45) is 23.7 Å². The number of unbranched alkanes of at least 4 members (excludes halogenated alkanes) is 1. The normalized spacial score (nSPS) is 18.1. The summed E-state index contributed by atoms with van der Waals surface area (Å²) in [5.41, 5.74) is 0.832. The van der Waals surface area contributed by atoms with E-state index in [1.54, 1.807) is 14.0 Å². The van der Waals surface area contributed by atoms with Crippen LogP contribution in [0, 0.1) is 23.7 Å². The Kier molecular flexibility index (Phi) is 21.3. The number of morpholine rings is 1. The van der Waals surface area contributed by atoms with E-state index in [0.717, 1.165) is 11.1 Å². The Morgan fingerprint density at radius 3 is 2.02 bits per heavy atom. The highest BCUT2D eigenvalue weighted by atomic mass is 16.6. The molecule has 0 aromatic heterocycles. The largest absolute Gasteiger partial charge is 0.444 e. The van der Waals surface area contributed by atoms with E-state index in [1.807, 2.05) is 93.3 Å². The van der Waals surface area contributed by atoms with E-state index in [0.29, 0.717) is 58.4 Å². The second-order valence-electron chi connectivity index (χ2n) is 18.5. The van der Waals surface area contributed by atoms with E-state index in [9.17, 15) is 24.0 Å². The first-order valence-corrected chi connectivity index (χ1v) is 23.2. The van der Waals surface area contributed by atoms with Crippen molar-refractivity contribution in [3.8, 4) is 0 Å². The van der Waals surface area contributed by atoms with Gasteiger partial charge in [-0.15, -0.1) is 0 Å². The maximum Gasteiger partial charge on any atom is 0.307 e. The zero-order valence-electron chi connectivity index (χ0n) is 38.9. The fraction of sp³-hybridized carbons (Fsp3) is 0.620. The van der Waals surface area contributed by atoms with Crippen molar-refractivity contribution >= 4 is 41.0 Å². The highest BCUT2D eigenvalue weighted by molar-refractivity contribution is 5.98. The van der Waals surface area contributed by atoms with Gasteiger partial charge >= 0.3 is 5.97 Å². The zero-order chi connectivity index (χ0) is 46.6.